The van der Waals surface area contributed by atoms with Gasteiger partial charge < -0.3 is 4.42 Å². The first kappa shape index (κ1) is 7.14. The third kappa shape index (κ3) is 1.77. The number of oxazole rings is 1. The van der Waals surface area contributed by atoms with Crippen LogP contribution in [0.3, 0.4) is 0 Å². The van der Waals surface area contributed by atoms with Crippen molar-refractivity contribution in [3.05, 3.63) is 12.5 Å². The van der Waals surface area contributed by atoms with Crippen LogP contribution >= 0.6 is 11.8 Å². The lowest BCUT2D eigenvalue weighted by Gasteiger charge is -1.93. The lowest BCUT2D eigenvalue weighted by Crippen LogP contribution is -2.03. The zero-order valence-electron chi connectivity index (χ0n) is 5.33. The summed E-state index contributed by atoms with van der Waals surface area (Å²) in [5.74, 6) is 0. The molecule has 0 aliphatic carbocycles. The van der Waals surface area contributed by atoms with Gasteiger partial charge in [-0.05, 0) is 6.26 Å². The van der Waals surface area contributed by atoms with E-state index in [2.05, 4.69) is 10.3 Å². The number of carbonyl (C=O) groups excluding carboxylic acids is 1. The van der Waals surface area contributed by atoms with Gasteiger partial charge in [-0.25, -0.2) is 4.98 Å². The van der Waals surface area contributed by atoms with E-state index >= 15 is 0 Å². The second kappa shape index (κ2) is 3.26. The van der Waals surface area contributed by atoms with E-state index < -0.39 is 0 Å². The zero-order chi connectivity index (χ0) is 7.40. The Morgan fingerprint density at radius 3 is 3.20 bits per heavy atom. The predicted molar refractivity (Wildman–Crippen MR) is 39.0 cm³/mol. The Bertz CT molecular complexity index is 209. The Kier molecular flexibility index (Phi) is 2.33. The molecular weight excluding hydrogens is 152 g/mol. The van der Waals surface area contributed by atoms with Crippen LogP contribution in [0.2, 0.25) is 0 Å². The molecule has 4 nitrogen and oxygen atoms in total. The van der Waals surface area contributed by atoms with Crippen molar-refractivity contribution < 1.29 is 9.21 Å². The van der Waals surface area contributed by atoms with E-state index in [-0.39, 0.29) is 11.3 Å². The van der Waals surface area contributed by atoms with Crippen LogP contribution in [0.15, 0.2) is 16.9 Å². The normalized spacial score (nSPS) is 9.30. The maximum absolute atomic E-state index is 10.6. The Morgan fingerprint density at radius 1 is 1.90 bits per heavy atom. The van der Waals surface area contributed by atoms with Crippen molar-refractivity contribution in [1.82, 2.24) is 4.98 Å². The summed E-state index contributed by atoms with van der Waals surface area (Å²) in [6.07, 6.45) is 4.55. The summed E-state index contributed by atoms with van der Waals surface area (Å²) in [7, 11) is 0. The minimum absolute atomic E-state index is 0.178. The van der Waals surface area contributed by atoms with Crippen molar-refractivity contribution in [2.45, 2.75) is 0 Å². The maximum Gasteiger partial charge on any atom is 0.301 e. The maximum atomic E-state index is 10.6. The fourth-order valence-corrected chi connectivity index (χ4v) is 0.613. The molecule has 0 spiro atoms. The number of nitrogens with one attached hydrogen (secondary N) is 1. The van der Waals surface area contributed by atoms with Gasteiger partial charge >= 0.3 is 6.01 Å². The van der Waals surface area contributed by atoms with Crippen molar-refractivity contribution >= 4 is 23.0 Å². The quantitative estimate of drug-likeness (QED) is 0.674. The summed E-state index contributed by atoms with van der Waals surface area (Å²) >= 11 is 1.07. The molecule has 1 aromatic rings. The van der Waals surface area contributed by atoms with Crippen molar-refractivity contribution in [3.8, 4) is 0 Å². The smallest absolute Gasteiger partial charge is 0.301 e. The van der Waals surface area contributed by atoms with Gasteiger partial charge in [-0.3, -0.25) is 10.1 Å². The molecule has 1 aromatic heterocycles. The Labute approximate surface area is 62.0 Å². The number of rotatable bonds is 1. The van der Waals surface area contributed by atoms with Crippen LogP contribution in [-0.4, -0.2) is 16.5 Å². The van der Waals surface area contributed by atoms with Gasteiger partial charge in [-0.15, -0.1) is 0 Å². The molecule has 5 heteroatoms. The van der Waals surface area contributed by atoms with E-state index in [1.165, 1.54) is 12.5 Å². The first-order chi connectivity index (χ1) is 4.83. The number of aromatic nitrogens is 1. The van der Waals surface area contributed by atoms with Crippen molar-refractivity contribution in [1.29, 1.82) is 0 Å². The monoisotopic (exact) mass is 158 g/mol. The summed E-state index contributed by atoms with van der Waals surface area (Å²) in [4.78, 5) is 14.3. The number of hydrogen-bond donors (Lipinski definition) is 1. The fourth-order valence-electron chi connectivity index (χ4n) is 0.424. The highest BCUT2D eigenvalue weighted by Crippen LogP contribution is 2.05. The number of hydrogen-bond acceptors (Lipinski definition) is 4. The number of thioether (sulfide) groups is 1. The third-order valence-corrected chi connectivity index (χ3v) is 1.30. The average molecular weight is 158 g/mol. The molecule has 0 atom stereocenters. The number of amides is 1. The average Bonchev–Trinajstić information content (AvgIpc) is 2.40. The second-order valence-corrected chi connectivity index (χ2v) is 2.23. The number of nitrogens with zero attached hydrogens (tertiary/aromatic N) is 1. The third-order valence-electron chi connectivity index (χ3n) is 0.827. The fraction of sp³-hybridized carbons (Fsp3) is 0.200. The molecule has 1 heterocycles. The van der Waals surface area contributed by atoms with Gasteiger partial charge in [0.1, 0.15) is 6.26 Å². The zero-order valence-corrected chi connectivity index (χ0v) is 6.14. The Morgan fingerprint density at radius 2 is 2.70 bits per heavy atom. The molecule has 0 fully saturated rings. The first-order valence-electron chi connectivity index (χ1n) is 2.57. The van der Waals surface area contributed by atoms with E-state index in [1.807, 2.05) is 0 Å². The SMILES string of the molecule is CSC(=O)Nc1ncco1. The molecular formula is C5H6N2O2S. The van der Waals surface area contributed by atoms with Crippen LogP contribution in [0.4, 0.5) is 10.8 Å². The lowest BCUT2D eigenvalue weighted by molar-refractivity contribution is 0.269. The van der Waals surface area contributed by atoms with Crippen molar-refractivity contribution in [3.63, 3.8) is 0 Å². The van der Waals surface area contributed by atoms with Crippen LogP contribution in [0.5, 0.6) is 0 Å². The van der Waals surface area contributed by atoms with Gasteiger partial charge in [0.25, 0.3) is 5.24 Å². The van der Waals surface area contributed by atoms with E-state index in [4.69, 9.17) is 4.42 Å². The molecule has 0 bridgehead atoms. The summed E-state index contributed by atoms with van der Waals surface area (Å²) in [5.41, 5.74) is 0. The molecule has 0 aliphatic heterocycles. The van der Waals surface area contributed by atoms with Crippen LogP contribution < -0.4 is 5.32 Å². The Hall–Kier alpha value is -0.970. The number of carbonyl (C=O) groups is 1. The van der Waals surface area contributed by atoms with Gasteiger partial charge in [-0.1, -0.05) is 11.8 Å². The van der Waals surface area contributed by atoms with Crippen LogP contribution in [0.1, 0.15) is 0 Å². The van der Waals surface area contributed by atoms with Gasteiger partial charge in [0.05, 0.1) is 6.20 Å². The minimum Gasteiger partial charge on any atom is -0.432 e. The molecule has 0 aromatic carbocycles. The minimum atomic E-state index is -0.178. The Balaban J connectivity index is 2.48. The molecule has 1 amide bonds. The van der Waals surface area contributed by atoms with Crippen LogP contribution in [-0.2, 0) is 0 Å². The predicted octanol–water partition coefficient (Wildman–Crippen LogP) is 1.57. The van der Waals surface area contributed by atoms with E-state index in [0.29, 0.717) is 0 Å². The van der Waals surface area contributed by atoms with Gasteiger partial charge in [0.15, 0.2) is 0 Å². The molecule has 10 heavy (non-hydrogen) atoms. The van der Waals surface area contributed by atoms with Gasteiger partial charge in [0.2, 0.25) is 0 Å². The largest absolute Gasteiger partial charge is 0.432 e. The van der Waals surface area contributed by atoms with E-state index in [1.54, 1.807) is 6.26 Å². The highest BCUT2D eigenvalue weighted by Gasteiger charge is 2.00. The van der Waals surface area contributed by atoms with Crippen molar-refractivity contribution in [2.75, 3.05) is 11.6 Å². The molecule has 0 saturated heterocycles. The lowest BCUT2D eigenvalue weighted by atomic mass is 11.0. The highest BCUT2D eigenvalue weighted by molar-refractivity contribution is 8.13. The van der Waals surface area contributed by atoms with E-state index in [9.17, 15) is 4.79 Å². The topological polar surface area (TPSA) is 55.1 Å². The molecule has 54 valence electrons. The molecule has 1 rings (SSSR count). The molecule has 0 aliphatic rings. The molecule has 0 radical (unpaired) electrons. The van der Waals surface area contributed by atoms with Gasteiger partial charge in [0, 0.05) is 0 Å². The summed E-state index contributed by atoms with van der Waals surface area (Å²) in [5, 5.41) is 2.24. The second-order valence-electron chi connectivity index (χ2n) is 1.45. The summed E-state index contributed by atoms with van der Waals surface area (Å²) in [6.45, 7) is 0. The molecule has 1 N–H and O–H groups in total. The standard InChI is InChI=1S/C5H6N2O2S/c1-10-5(8)7-4-6-2-3-9-4/h2-3H,1H3,(H,6,7,8). The van der Waals surface area contributed by atoms with Gasteiger partial charge in [-0.2, -0.15) is 0 Å². The molecule has 0 saturated carbocycles. The first-order valence-corrected chi connectivity index (χ1v) is 3.80. The van der Waals surface area contributed by atoms with Crippen LogP contribution in [0, 0.1) is 0 Å². The summed E-state index contributed by atoms with van der Waals surface area (Å²) in [6, 6.07) is 0.236. The van der Waals surface area contributed by atoms with Crippen molar-refractivity contribution in [2.24, 2.45) is 0 Å². The van der Waals surface area contributed by atoms with E-state index in [0.717, 1.165) is 11.8 Å². The van der Waals surface area contributed by atoms with Crippen LogP contribution in [0.25, 0.3) is 0 Å². The summed E-state index contributed by atoms with van der Waals surface area (Å²) < 4.78 is 4.75. The number of anilines is 1. The molecule has 0 unspecified atom stereocenters. The highest BCUT2D eigenvalue weighted by atomic mass is 32.2.